The van der Waals surface area contributed by atoms with Crippen molar-refractivity contribution in [1.29, 1.82) is 0 Å². The van der Waals surface area contributed by atoms with Crippen molar-refractivity contribution >= 4 is 17.7 Å². The molecule has 0 aromatic heterocycles. The van der Waals surface area contributed by atoms with E-state index in [-0.39, 0.29) is 5.91 Å². The molecule has 0 aromatic rings. The largest absolute Gasteiger partial charge is 0.345 e. The number of carbonyl (C=O) groups is 1. The second-order valence-corrected chi connectivity index (χ2v) is 4.30. The van der Waals surface area contributed by atoms with Crippen LogP contribution in [-0.2, 0) is 4.79 Å². The van der Waals surface area contributed by atoms with Gasteiger partial charge in [0.05, 0.1) is 5.75 Å². The maximum atomic E-state index is 11.3. The van der Waals surface area contributed by atoms with Crippen LogP contribution in [0, 0.1) is 5.92 Å². The van der Waals surface area contributed by atoms with Crippen molar-refractivity contribution in [3.63, 3.8) is 0 Å². The Morgan fingerprint density at radius 2 is 2.08 bits per heavy atom. The van der Waals surface area contributed by atoms with Crippen molar-refractivity contribution in [1.82, 2.24) is 4.90 Å². The summed E-state index contributed by atoms with van der Waals surface area (Å²) in [6.45, 7) is 5.23. The molecule has 72 valence electrons. The highest BCUT2D eigenvalue weighted by atomic mass is 32.2. The van der Waals surface area contributed by atoms with E-state index in [9.17, 15) is 4.79 Å². The molecule has 0 aliphatic heterocycles. The lowest BCUT2D eigenvalue weighted by Crippen LogP contribution is -2.29. The van der Waals surface area contributed by atoms with E-state index in [0.717, 1.165) is 13.0 Å². The van der Waals surface area contributed by atoms with Crippen LogP contribution in [0.15, 0.2) is 0 Å². The van der Waals surface area contributed by atoms with Gasteiger partial charge in [0, 0.05) is 13.6 Å². The van der Waals surface area contributed by atoms with E-state index in [2.05, 4.69) is 13.8 Å². The maximum Gasteiger partial charge on any atom is 0.232 e. The van der Waals surface area contributed by atoms with Crippen LogP contribution in [0.25, 0.3) is 0 Å². The molecule has 0 aliphatic rings. The summed E-state index contributed by atoms with van der Waals surface area (Å²) in [5, 5.41) is 0. The van der Waals surface area contributed by atoms with Gasteiger partial charge in [-0.2, -0.15) is 11.8 Å². The Labute approximate surface area is 79.7 Å². The van der Waals surface area contributed by atoms with E-state index < -0.39 is 0 Å². The molecule has 0 heterocycles. The van der Waals surface area contributed by atoms with E-state index in [0.29, 0.717) is 11.7 Å². The summed E-state index contributed by atoms with van der Waals surface area (Å²) in [6, 6.07) is 0. The van der Waals surface area contributed by atoms with Gasteiger partial charge in [-0.1, -0.05) is 13.8 Å². The normalized spacial score (nSPS) is 10.4. The Bertz CT molecular complexity index is 136. The van der Waals surface area contributed by atoms with Crippen LogP contribution < -0.4 is 0 Å². The van der Waals surface area contributed by atoms with Gasteiger partial charge in [-0.05, 0) is 18.6 Å². The monoisotopic (exact) mass is 189 g/mol. The Hall–Kier alpha value is -0.180. The molecule has 1 amide bonds. The second kappa shape index (κ2) is 6.35. The molecule has 0 rings (SSSR count). The van der Waals surface area contributed by atoms with Gasteiger partial charge >= 0.3 is 0 Å². The molecule has 0 fully saturated rings. The van der Waals surface area contributed by atoms with Gasteiger partial charge in [0.15, 0.2) is 0 Å². The van der Waals surface area contributed by atoms with Crippen LogP contribution >= 0.6 is 11.8 Å². The van der Waals surface area contributed by atoms with Gasteiger partial charge in [-0.15, -0.1) is 0 Å². The Kier molecular flexibility index (Phi) is 6.25. The molecule has 0 aromatic carbocycles. The van der Waals surface area contributed by atoms with Gasteiger partial charge in [-0.25, -0.2) is 0 Å². The molecule has 0 saturated heterocycles. The predicted molar refractivity (Wildman–Crippen MR) is 55.5 cm³/mol. The fraction of sp³-hybridized carbons (Fsp3) is 0.889. The number of hydrogen-bond acceptors (Lipinski definition) is 2. The fourth-order valence-electron chi connectivity index (χ4n) is 0.810. The third-order valence-corrected chi connectivity index (χ3v) is 2.27. The average molecular weight is 189 g/mol. The van der Waals surface area contributed by atoms with E-state index in [4.69, 9.17) is 0 Å². The zero-order valence-corrected chi connectivity index (χ0v) is 9.28. The quantitative estimate of drug-likeness (QED) is 0.658. The molecular formula is C9H19NOS. The molecule has 0 saturated carbocycles. The molecule has 3 heteroatoms. The fourth-order valence-corrected chi connectivity index (χ4v) is 1.28. The summed E-state index contributed by atoms with van der Waals surface area (Å²) in [6.07, 6.45) is 3.05. The van der Waals surface area contributed by atoms with Gasteiger partial charge < -0.3 is 4.90 Å². The molecule has 0 aliphatic carbocycles. The molecule has 0 bridgehead atoms. The number of amides is 1. The zero-order chi connectivity index (χ0) is 9.56. The van der Waals surface area contributed by atoms with E-state index in [1.54, 1.807) is 11.8 Å². The molecule has 0 radical (unpaired) electrons. The van der Waals surface area contributed by atoms with Crippen molar-refractivity contribution in [2.75, 3.05) is 25.6 Å². The van der Waals surface area contributed by atoms with E-state index >= 15 is 0 Å². The number of thioether (sulfide) groups is 1. The van der Waals surface area contributed by atoms with Crippen molar-refractivity contribution in [2.24, 2.45) is 5.92 Å². The minimum absolute atomic E-state index is 0.239. The predicted octanol–water partition coefficient (Wildman–Crippen LogP) is 1.85. The van der Waals surface area contributed by atoms with Gasteiger partial charge in [0.2, 0.25) is 5.91 Å². The van der Waals surface area contributed by atoms with Crippen molar-refractivity contribution in [2.45, 2.75) is 20.3 Å². The molecular weight excluding hydrogens is 170 g/mol. The topological polar surface area (TPSA) is 20.3 Å². The average Bonchev–Trinajstić information content (AvgIpc) is 2.00. The number of nitrogens with zero attached hydrogens (tertiary/aromatic N) is 1. The van der Waals surface area contributed by atoms with Crippen molar-refractivity contribution in [3.05, 3.63) is 0 Å². The summed E-state index contributed by atoms with van der Waals surface area (Å²) in [5.41, 5.74) is 0. The van der Waals surface area contributed by atoms with Crippen LogP contribution in [0.2, 0.25) is 0 Å². The van der Waals surface area contributed by atoms with Crippen LogP contribution in [-0.4, -0.2) is 36.4 Å². The summed E-state index contributed by atoms with van der Waals surface area (Å²) < 4.78 is 0. The van der Waals surface area contributed by atoms with Crippen molar-refractivity contribution < 1.29 is 4.79 Å². The molecule has 2 nitrogen and oxygen atoms in total. The Balaban J connectivity index is 3.56. The van der Waals surface area contributed by atoms with Crippen LogP contribution in [0.4, 0.5) is 0 Å². The first-order valence-electron chi connectivity index (χ1n) is 4.30. The summed E-state index contributed by atoms with van der Waals surface area (Å²) in [7, 11) is 1.88. The summed E-state index contributed by atoms with van der Waals surface area (Å²) in [4.78, 5) is 13.1. The van der Waals surface area contributed by atoms with Gasteiger partial charge in [0.25, 0.3) is 0 Å². The van der Waals surface area contributed by atoms with Crippen LogP contribution in [0.3, 0.4) is 0 Å². The first-order chi connectivity index (χ1) is 5.57. The lowest BCUT2D eigenvalue weighted by Gasteiger charge is -2.17. The van der Waals surface area contributed by atoms with E-state index in [1.165, 1.54) is 0 Å². The minimum Gasteiger partial charge on any atom is -0.345 e. The van der Waals surface area contributed by atoms with Gasteiger partial charge in [0.1, 0.15) is 0 Å². The summed E-state index contributed by atoms with van der Waals surface area (Å²) in [5.74, 6) is 1.52. The smallest absolute Gasteiger partial charge is 0.232 e. The zero-order valence-electron chi connectivity index (χ0n) is 8.46. The number of carbonyl (C=O) groups excluding carboxylic acids is 1. The lowest BCUT2D eigenvalue weighted by molar-refractivity contribution is -0.127. The molecule has 0 atom stereocenters. The highest BCUT2D eigenvalue weighted by Gasteiger charge is 2.07. The van der Waals surface area contributed by atoms with Crippen molar-refractivity contribution in [3.8, 4) is 0 Å². The Morgan fingerprint density at radius 1 is 1.50 bits per heavy atom. The number of rotatable bonds is 5. The standard InChI is InChI=1S/C9H19NOS/c1-8(2)5-6-10(3)9(11)7-12-4/h8H,5-7H2,1-4H3. The molecule has 12 heavy (non-hydrogen) atoms. The molecule has 0 spiro atoms. The summed E-state index contributed by atoms with van der Waals surface area (Å²) >= 11 is 1.58. The van der Waals surface area contributed by atoms with Crippen LogP contribution in [0.5, 0.6) is 0 Å². The highest BCUT2D eigenvalue weighted by Crippen LogP contribution is 2.02. The highest BCUT2D eigenvalue weighted by molar-refractivity contribution is 7.99. The first-order valence-corrected chi connectivity index (χ1v) is 5.70. The van der Waals surface area contributed by atoms with Gasteiger partial charge in [-0.3, -0.25) is 4.79 Å². The molecule has 0 N–H and O–H groups in total. The molecule has 0 unspecified atom stereocenters. The SMILES string of the molecule is CSCC(=O)N(C)CCC(C)C. The maximum absolute atomic E-state index is 11.3. The van der Waals surface area contributed by atoms with E-state index in [1.807, 2.05) is 18.2 Å². The van der Waals surface area contributed by atoms with Crippen LogP contribution in [0.1, 0.15) is 20.3 Å². The lowest BCUT2D eigenvalue weighted by atomic mass is 10.1. The second-order valence-electron chi connectivity index (χ2n) is 3.43. The Morgan fingerprint density at radius 3 is 2.50 bits per heavy atom. The minimum atomic E-state index is 0.239. The third-order valence-electron chi connectivity index (χ3n) is 1.74. The third kappa shape index (κ3) is 5.47. The first kappa shape index (κ1) is 11.8. The number of hydrogen-bond donors (Lipinski definition) is 0.